The molecule has 3 rings (SSSR count). The normalized spacial score (nSPS) is 23.3. The third kappa shape index (κ3) is 2.64. The zero-order valence-corrected chi connectivity index (χ0v) is 12.9. The van der Waals surface area contributed by atoms with Crippen LogP contribution in [-0.4, -0.2) is 32.7 Å². The van der Waals surface area contributed by atoms with E-state index in [0.717, 1.165) is 25.7 Å². The van der Waals surface area contributed by atoms with E-state index in [2.05, 4.69) is 30.9 Å². The molecule has 1 saturated carbocycles. The average Bonchev–Trinajstić information content (AvgIpc) is 2.76. The van der Waals surface area contributed by atoms with Crippen LogP contribution in [0.1, 0.15) is 25.7 Å². The maximum absolute atomic E-state index is 12.0. The van der Waals surface area contributed by atoms with Gasteiger partial charge in [-0.05, 0) is 47.5 Å². The Morgan fingerprint density at radius 3 is 2.90 bits per heavy atom. The molecule has 7 heteroatoms. The van der Waals surface area contributed by atoms with E-state index in [1.165, 1.54) is 0 Å². The van der Waals surface area contributed by atoms with Gasteiger partial charge in [-0.3, -0.25) is 9.55 Å². The lowest BCUT2D eigenvalue weighted by Gasteiger charge is -2.27. The van der Waals surface area contributed by atoms with Gasteiger partial charge in [0.25, 0.3) is 0 Å². The van der Waals surface area contributed by atoms with Crippen molar-refractivity contribution in [3.05, 3.63) is 21.3 Å². The second-order valence-electron chi connectivity index (χ2n) is 5.28. The molecule has 0 bridgehead atoms. The van der Waals surface area contributed by atoms with Crippen molar-refractivity contribution in [3.8, 4) is 0 Å². The Morgan fingerprint density at radius 2 is 2.20 bits per heavy atom. The first kappa shape index (κ1) is 13.8. The fourth-order valence-corrected chi connectivity index (χ4v) is 3.15. The van der Waals surface area contributed by atoms with Gasteiger partial charge in [0.15, 0.2) is 11.3 Å². The topological polar surface area (TPSA) is 72.8 Å². The van der Waals surface area contributed by atoms with Crippen LogP contribution >= 0.6 is 15.9 Å². The first-order chi connectivity index (χ1) is 9.67. The van der Waals surface area contributed by atoms with Crippen molar-refractivity contribution in [2.45, 2.75) is 38.3 Å². The molecule has 0 amide bonds. The van der Waals surface area contributed by atoms with Crippen molar-refractivity contribution < 1.29 is 4.74 Å². The van der Waals surface area contributed by atoms with Gasteiger partial charge in [0.1, 0.15) is 4.60 Å². The molecule has 1 aliphatic carbocycles. The van der Waals surface area contributed by atoms with Crippen molar-refractivity contribution >= 4 is 27.2 Å². The van der Waals surface area contributed by atoms with E-state index >= 15 is 0 Å². The summed E-state index contributed by atoms with van der Waals surface area (Å²) < 4.78 is 7.72. The Balaban J connectivity index is 1.82. The summed E-state index contributed by atoms with van der Waals surface area (Å²) in [5.41, 5.74) is 1.04. The van der Waals surface area contributed by atoms with Gasteiger partial charge in [0.2, 0.25) is 0 Å². The van der Waals surface area contributed by atoms with E-state index < -0.39 is 0 Å². The molecule has 0 atom stereocenters. The summed E-state index contributed by atoms with van der Waals surface area (Å²) in [6, 6.07) is 0. The van der Waals surface area contributed by atoms with Crippen molar-refractivity contribution in [3.63, 3.8) is 0 Å². The highest BCUT2D eigenvalue weighted by Crippen LogP contribution is 2.27. The number of hydrogen-bond acceptors (Lipinski definition) is 4. The summed E-state index contributed by atoms with van der Waals surface area (Å²) in [5.74, 6) is 0.499. The first-order valence-corrected chi connectivity index (χ1v) is 7.60. The molecule has 0 spiro atoms. The number of nitrogens with zero attached hydrogens (tertiary/aromatic N) is 3. The lowest BCUT2D eigenvalue weighted by Crippen LogP contribution is -2.27. The molecule has 0 saturated heterocycles. The first-order valence-electron chi connectivity index (χ1n) is 6.81. The molecular weight excluding hydrogens is 324 g/mol. The zero-order chi connectivity index (χ0) is 14.1. The van der Waals surface area contributed by atoms with Gasteiger partial charge in [0.05, 0.1) is 12.3 Å². The maximum atomic E-state index is 12.0. The van der Waals surface area contributed by atoms with Gasteiger partial charge in [0, 0.05) is 13.7 Å². The Bertz CT molecular complexity index is 658. The van der Waals surface area contributed by atoms with Crippen molar-refractivity contribution in [2.75, 3.05) is 7.11 Å². The summed E-state index contributed by atoms with van der Waals surface area (Å²) in [5, 5.41) is 0. The SMILES string of the molecule is CO[C@H]1CC[C@H](Cn2c(=O)[nH]c3ncc(Br)nc32)CC1. The third-order valence-electron chi connectivity index (χ3n) is 4.02. The average molecular weight is 341 g/mol. The number of ether oxygens (including phenoxy) is 1. The number of methoxy groups -OCH3 is 1. The van der Waals surface area contributed by atoms with E-state index in [9.17, 15) is 4.79 Å². The van der Waals surface area contributed by atoms with E-state index in [-0.39, 0.29) is 5.69 Å². The van der Waals surface area contributed by atoms with Crippen molar-refractivity contribution in [2.24, 2.45) is 5.92 Å². The quantitative estimate of drug-likeness (QED) is 0.928. The molecule has 0 unspecified atom stereocenters. The molecule has 1 aliphatic rings. The lowest BCUT2D eigenvalue weighted by molar-refractivity contribution is 0.0542. The number of aromatic amines is 1. The number of nitrogens with one attached hydrogen (secondary N) is 1. The van der Waals surface area contributed by atoms with E-state index in [1.54, 1.807) is 17.9 Å². The molecule has 2 aromatic heterocycles. The van der Waals surface area contributed by atoms with Crippen LogP contribution in [0.5, 0.6) is 0 Å². The monoisotopic (exact) mass is 340 g/mol. The van der Waals surface area contributed by atoms with Crippen LogP contribution in [-0.2, 0) is 11.3 Å². The Morgan fingerprint density at radius 1 is 1.45 bits per heavy atom. The number of rotatable bonds is 3. The number of aromatic nitrogens is 4. The Kier molecular flexibility index (Phi) is 3.89. The molecule has 6 nitrogen and oxygen atoms in total. The molecule has 108 valence electrons. The van der Waals surface area contributed by atoms with Gasteiger partial charge < -0.3 is 4.74 Å². The van der Waals surface area contributed by atoms with Gasteiger partial charge in [-0.1, -0.05) is 0 Å². The minimum Gasteiger partial charge on any atom is -0.381 e. The largest absolute Gasteiger partial charge is 0.381 e. The standard InChI is InChI=1S/C13H17BrN4O2/c1-20-9-4-2-8(3-5-9)7-18-12-11(17-13(18)19)15-6-10(14)16-12/h6,8-9H,2-5,7H2,1H3,(H,15,17,19)/t8-,9-. The fraction of sp³-hybridized carbons (Fsp3) is 0.615. The molecule has 1 N–H and O–H groups in total. The van der Waals surface area contributed by atoms with E-state index in [0.29, 0.717) is 34.5 Å². The summed E-state index contributed by atoms with van der Waals surface area (Å²) in [6.07, 6.45) is 6.26. The van der Waals surface area contributed by atoms with Crippen molar-refractivity contribution in [1.82, 2.24) is 19.5 Å². The van der Waals surface area contributed by atoms with Crippen LogP contribution in [0.2, 0.25) is 0 Å². The second-order valence-corrected chi connectivity index (χ2v) is 6.10. The highest BCUT2D eigenvalue weighted by Gasteiger charge is 2.22. The predicted molar refractivity (Wildman–Crippen MR) is 78.6 cm³/mol. The molecule has 2 heterocycles. The van der Waals surface area contributed by atoms with E-state index in [4.69, 9.17) is 4.74 Å². The second kappa shape index (κ2) is 5.65. The smallest absolute Gasteiger partial charge is 0.328 e. The minimum absolute atomic E-state index is 0.132. The third-order valence-corrected chi connectivity index (χ3v) is 4.40. The molecule has 0 radical (unpaired) electrons. The molecule has 2 aromatic rings. The summed E-state index contributed by atoms with van der Waals surface area (Å²) in [4.78, 5) is 23.3. The van der Waals surface area contributed by atoms with Crippen LogP contribution in [0.4, 0.5) is 0 Å². The molecule has 0 aromatic carbocycles. The van der Waals surface area contributed by atoms with E-state index in [1.807, 2.05) is 0 Å². The van der Waals surface area contributed by atoms with Crippen LogP contribution in [0.25, 0.3) is 11.3 Å². The number of fused-ring (bicyclic) bond motifs is 1. The maximum Gasteiger partial charge on any atom is 0.328 e. The van der Waals surface area contributed by atoms with Crippen LogP contribution in [0, 0.1) is 5.92 Å². The summed E-state index contributed by atoms with van der Waals surface area (Å²) in [7, 11) is 1.77. The fourth-order valence-electron chi connectivity index (χ4n) is 2.88. The Hall–Kier alpha value is -1.21. The lowest BCUT2D eigenvalue weighted by atomic mass is 9.87. The number of hydrogen-bond donors (Lipinski definition) is 1. The highest BCUT2D eigenvalue weighted by atomic mass is 79.9. The van der Waals surface area contributed by atoms with Crippen LogP contribution in [0.3, 0.4) is 0 Å². The number of H-pyrrole nitrogens is 1. The molecular formula is C13H17BrN4O2. The number of halogens is 1. The summed E-state index contributed by atoms with van der Waals surface area (Å²) >= 11 is 3.30. The summed E-state index contributed by atoms with van der Waals surface area (Å²) in [6.45, 7) is 0.695. The molecule has 1 fully saturated rings. The van der Waals surface area contributed by atoms with Crippen LogP contribution in [0.15, 0.2) is 15.6 Å². The Labute approximate surface area is 124 Å². The highest BCUT2D eigenvalue weighted by molar-refractivity contribution is 9.10. The number of imidazole rings is 1. The zero-order valence-electron chi connectivity index (χ0n) is 11.3. The molecule has 0 aliphatic heterocycles. The predicted octanol–water partition coefficient (Wildman–Crippen LogP) is 2.09. The van der Waals surface area contributed by atoms with Gasteiger partial charge in [-0.2, -0.15) is 0 Å². The van der Waals surface area contributed by atoms with Crippen molar-refractivity contribution in [1.29, 1.82) is 0 Å². The van der Waals surface area contributed by atoms with Gasteiger partial charge in [-0.15, -0.1) is 0 Å². The van der Waals surface area contributed by atoms with Crippen LogP contribution < -0.4 is 5.69 Å². The minimum atomic E-state index is -0.132. The van der Waals surface area contributed by atoms with Gasteiger partial charge in [-0.25, -0.2) is 14.8 Å². The van der Waals surface area contributed by atoms with Gasteiger partial charge >= 0.3 is 5.69 Å². The molecule has 20 heavy (non-hydrogen) atoms.